The third-order valence-electron chi connectivity index (χ3n) is 5.77. The average Bonchev–Trinajstić information content (AvgIpc) is 2.79. The number of ether oxygens (including phenoxy) is 1. The quantitative estimate of drug-likeness (QED) is 0.544. The first kappa shape index (κ1) is 25.6. The van der Waals surface area contributed by atoms with E-state index in [0.29, 0.717) is 23.8 Å². The van der Waals surface area contributed by atoms with Crippen LogP contribution in [0.1, 0.15) is 18.4 Å². The van der Waals surface area contributed by atoms with E-state index in [1.165, 1.54) is 18.4 Å². The molecule has 0 aliphatic carbocycles. The molecule has 1 aliphatic rings. The molecule has 1 unspecified atom stereocenters. The van der Waals surface area contributed by atoms with Gasteiger partial charge in [0.25, 0.3) is 0 Å². The minimum absolute atomic E-state index is 0.229. The molecule has 0 aromatic heterocycles. The summed E-state index contributed by atoms with van der Waals surface area (Å²) in [4.78, 5) is 2.80. The third kappa shape index (κ3) is 7.00. The van der Waals surface area contributed by atoms with Crippen LogP contribution in [0.25, 0.3) is 0 Å². The molecule has 8 nitrogen and oxygen atoms in total. The van der Waals surface area contributed by atoms with Crippen molar-refractivity contribution >= 4 is 20.0 Å². The summed E-state index contributed by atoms with van der Waals surface area (Å²) in [5.41, 5.74) is 1.02. The first-order valence-electron chi connectivity index (χ1n) is 11.0. The number of piperidine rings is 1. The van der Waals surface area contributed by atoms with Gasteiger partial charge in [-0.1, -0.05) is 17.7 Å². The Kier molecular flexibility index (Phi) is 8.52. The zero-order chi connectivity index (χ0) is 24.1. The van der Waals surface area contributed by atoms with Crippen molar-refractivity contribution in [1.82, 2.24) is 13.9 Å². The molecular weight excluding hydrogens is 462 g/mol. The SMILES string of the molecule is Cc1ccc(S(=O)(=O)NCC2CCCN(CCOc3ccc(S(=O)(=O)N(C)C)cc3)C2)cc1. The highest BCUT2D eigenvalue weighted by atomic mass is 32.2. The molecule has 2 aromatic carbocycles. The van der Waals surface area contributed by atoms with Gasteiger partial charge in [-0.3, -0.25) is 4.90 Å². The van der Waals surface area contributed by atoms with Gasteiger partial charge in [0.2, 0.25) is 20.0 Å². The molecule has 3 rings (SSSR count). The van der Waals surface area contributed by atoms with Gasteiger partial charge in [0.15, 0.2) is 0 Å². The molecular formula is C23H33N3O5S2. The van der Waals surface area contributed by atoms with Crippen LogP contribution in [-0.4, -0.2) is 72.9 Å². The van der Waals surface area contributed by atoms with Crippen LogP contribution >= 0.6 is 0 Å². The van der Waals surface area contributed by atoms with Gasteiger partial charge < -0.3 is 4.74 Å². The predicted octanol–water partition coefficient (Wildman–Crippen LogP) is 2.31. The highest BCUT2D eigenvalue weighted by Gasteiger charge is 2.22. The van der Waals surface area contributed by atoms with Crippen molar-refractivity contribution in [3.63, 3.8) is 0 Å². The van der Waals surface area contributed by atoms with Crippen molar-refractivity contribution in [1.29, 1.82) is 0 Å². The molecule has 0 saturated carbocycles. The largest absolute Gasteiger partial charge is 0.492 e. The van der Waals surface area contributed by atoms with Crippen LogP contribution in [0.4, 0.5) is 0 Å². The molecule has 0 bridgehead atoms. The first-order chi connectivity index (χ1) is 15.6. The number of hydrogen-bond acceptors (Lipinski definition) is 6. The van der Waals surface area contributed by atoms with E-state index in [0.717, 1.165) is 38.0 Å². The minimum atomic E-state index is -3.51. The molecule has 10 heteroatoms. The first-order valence-corrected chi connectivity index (χ1v) is 13.9. The number of likely N-dealkylation sites (tertiary alicyclic amines) is 1. The Labute approximate surface area is 197 Å². The number of aryl methyl sites for hydroxylation is 1. The molecule has 182 valence electrons. The zero-order valence-corrected chi connectivity index (χ0v) is 21.0. The molecule has 1 aliphatic heterocycles. The summed E-state index contributed by atoms with van der Waals surface area (Å²) in [5, 5.41) is 0. The van der Waals surface area contributed by atoms with E-state index < -0.39 is 20.0 Å². The van der Waals surface area contributed by atoms with Gasteiger partial charge in [-0.2, -0.15) is 0 Å². The molecule has 2 aromatic rings. The van der Waals surface area contributed by atoms with Crippen LogP contribution in [0.15, 0.2) is 58.3 Å². The number of hydrogen-bond donors (Lipinski definition) is 1. The molecule has 0 amide bonds. The fraction of sp³-hybridized carbons (Fsp3) is 0.478. The molecule has 1 fully saturated rings. The summed E-state index contributed by atoms with van der Waals surface area (Å²) in [7, 11) is -3.96. The molecule has 33 heavy (non-hydrogen) atoms. The average molecular weight is 496 g/mol. The summed E-state index contributed by atoms with van der Waals surface area (Å²) < 4.78 is 59.1. The summed E-state index contributed by atoms with van der Waals surface area (Å²) in [6.45, 7) is 5.29. The van der Waals surface area contributed by atoms with Gasteiger partial charge in [0.05, 0.1) is 9.79 Å². The fourth-order valence-corrected chi connectivity index (χ4v) is 5.78. The van der Waals surface area contributed by atoms with Gasteiger partial charge in [0, 0.05) is 33.7 Å². The van der Waals surface area contributed by atoms with Crippen molar-refractivity contribution in [2.45, 2.75) is 29.6 Å². The van der Waals surface area contributed by atoms with Crippen LogP contribution in [0.2, 0.25) is 0 Å². The van der Waals surface area contributed by atoms with E-state index >= 15 is 0 Å². The topological polar surface area (TPSA) is 96.0 Å². The Bertz CT molecular complexity index is 1120. The van der Waals surface area contributed by atoms with Gasteiger partial charge >= 0.3 is 0 Å². The number of benzene rings is 2. The lowest BCUT2D eigenvalue weighted by Gasteiger charge is -2.32. The summed E-state index contributed by atoms with van der Waals surface area (Å²) in [5.74, 6) is 0.863. The van der Waals surface area contributed by atoms with E-state index in [-0.39, 0.29) is 10.8 Å². The standard InChI is InChI=1S/C23H33N3O5S2/c1-19-6-10-22(11-7-19)32(27,28)24-17-20-5-4-14-26(18-20)15-16-31-21-8-12-23(13-9-21)33(29,30)25(2)3/h6-13,20,24H,4-5,14-18H2,1-3H3. The van der Waals surface area contributed by atoms with Gasteiger partial charge in [0.1, 0.15) is 12.4 Å². The summed E-state index contributed by atoms with van der Waals surface area (Å²) >= 11 is 0. The van der Waals surface area contributed by atoms with Crippen molar-refractivity contribution < 1.29 is 21.6 Å². The van der Waals surface area contributed by atoms with Gasteiger partial charge in [-0.15, -0.1) is 0 Å². The van der Waals surface area contributed by atoms with Crippen molar-refractivity contribution in [2.24, 2.45) is 5.92 Å². The Balaban J connectivity index is 1.45. The monoisotopic (exact) mass is 495 g/mol. The maximum Gasteiger partial charge on any atom is 0.242 e. The summed E-state index contributed by atoms with van der Waals surface area (Å²) in [6, 6.07) is 13.3. The highest BCUT2D eigenvalue weighted by molar-refractivity contribution is 7.89. The van der Waals surface area contributed by atoms with Crippen LogP contribution in [0, 0.1) is 12.8 Å². The smallest absolute Gasteiger partial charge is 0.242 e. The molecule has 1 heterocycles. The van der Waals surface area contributed by atoms with Crippen molar-refractivity contribution in [2.75, 3.05) is 46.9 Å². The Morgan fingerprint density at radius 2 is 1.64 bits per heavy atom. The number of rotatable bonds is 10. The van der Waals surface area contributed by atoms with Gasteiger partial charge in [-0.05, 0) is 68.6 Å². The second-order valence-electron chi connectivity index (χ2n) is 8.58. The second-order valence-corrected chi connectivity index (χ2v) is 12.5. The maximum atomic E-state index is 12.5. The Morgan fingerprint density at radius 3 is 2.27 bits per heavy atom. The van der Waals surface area contributed by atoms with Crippen LogP contribution in [0.5, 0.6) is 5.75 Å². The van der Waals surface area contributed by atoms with E-state index in [1.807, 2.05) is 6.92 Å². The molecule has 0 spiro atoms. The summed E-state index contributed by atoms with van der Waals surface area (Å²) in [6.07, 6.45) is 1.99. The highest BCUT2D eigenvalue weighted by Crippen LogP contribution is 2.20. The van der Waals surface area contributed by atoms with Crippen LogP contribution in [-0.2, 0) is 20.0 Å². The van der Waals surface area contributed by atoms with E-state index in [2.05, 4.69) is 9.62 Å². The fourth-order valence-electron chi connectivity index (χ4n) is 3.76. The normalized spacial score (nSPS) is 17.9. The van der Waals surface area contributed by atoms with Crippen LogP contribution in [0.3, 0.4) is 0 Å². The number of nitrogens with one attached hydrogen (secondary N) is 1. The minimum Gasteiger partial charge on any atom is -0.492 e. The lowest BCUT2D eigenvalue weighted by Crippen LogP contribution is -2.42. The zero-order valence-electron chi connectivity index (χ0n) is 19.4. The third-order valence-corrected chi connectivity index (χ3v) is 9.04. The van der Waals surface area contributed by atoms with Gasteiger partial charge in [-0.25, -0.2) is 25.9 Å². The Morgan fingerprint density at radius 1 is 1.00 bits per heavy atom. The molecule has 1 N–H and O–H groups in total. The van der Waals surface area contributed by atoms with E-state index in [1.54, 1.807) is 48.5 Å². The second kappa shape index (κ2) is 11.0. The van der Waals surface area contributed by atoms with Crippen molar-refractivity contribution in [3.05, 3.63) is 54.1 Å². The molecule has 1 atom stereocenters. The molecule has 1 saturated heterocycles. The predicted molar refractivity (Wildman–Crippen MR) is 128 cm³/mol. The Hall–Kier alpha value is -1.98. The van der Waals surface area contributed by atoms with Crippen molar-refractivity contribution in [3.8, 4) is 5.75 Å². The number of nitrogens with zero attached hydrogens (tertiary/aromatic N) is 2. The lowest BCUT2D eigenvalue weighted by molar-refractivity contribution is 0.148. The van der Waals surface area contributed by atoms with E-state index in [9.17, 15) is 16.8 Å². The molecule has 0 radical (unpaired) electrons. The lowest BCUT2D eigenvalue weighted by atomic mass is 9.98. The maximum absolute atomic E-state index is 12.5. The van der Waals surface area contributed by atoms with E-state index in [4.69, 9.17) is 4.74 Å². The number of sulfonamides is 2. The van der Waals surface area contributed by atoms with Crippen LogP contribution < -0.4 is 9.46 Å².